The number of ether oxygens (including phenoxy) is 1. The maximum Gasteiger partial charge on any atom is 0.331 e. The fourth-order valence-electron chi connectivity index (χ4n) is 2.80. The van der Waals surface area contributed by atoms with Gasteiger partial charge in [-0.25, -0.2) is 14.7 Å². The van der Waals surface area contributed by atoms with E-state index in [1.54, 1.807) is 13.8 Å². The molecule has 0 atom stereocenters. The predicted octanol–water partition coefficient (Wildman–Crippen LogP) is 3.34. The number of benzene rings is 1. The van der Waals surface area contributed by atoms with Crippen LogP contribution in [0.2, 0.25) is 0 Å². The van der Waals surface area contributed by atoms with Crippen molar-refractivity contribution >= 4 is 44.3 Å². The molecular weight excluding hydrogens is 394 g/mol. The number of anilines is 1. The highest BCUT2D eigenvalue weighted by atomic mass is 79.9. The van der Waals surface area contributed by atoms with E-state index in [9.17, 15) is 9.59 Å². The first-order valence-electron chi connectivity index (χ1n) is 7.46. The van der Waals surface area contributed by atoms with Crippen LogP contribution < -0.4 is 15.0 Å². The fourth-order valence-corrected chi connectivity index (χ4v) is 4.19. The average Bonchev–Trinajstić information content (AvgIpc) is 2.92. The molecule has 3 amide bonds. The van der Waals surface area contributed by atoms with Gasteiger partial charge < -0.3 is 10.1 Å². The number of amides is 3. The molecule has 6 nitrogen and oxygen atoms in total. The molecule has 4 rings (SSSR count). The van der Waals surface area contributed by atoms with Crippen molar-refractivity contribution < 1.29 is 14.3 Å². The Balaban J connectivity index is 1.81. The molecule has 0 spiro atoms. The quantitative estimate of drug-likeness (QED) is 0.735. The monoisotopic (exact) mass is 407 g/mol. The number of hydrogen-bond donors (Lipinski definition) is 1. The number of halogens is 1. The van der Waals surface area contributed by atoms with E-state index in [1.165, 1.54) is 11.3 Å². The van der Waals surface area contributed by atoms with Gasteiger partial charge in [-0.3, -0.25) is 4.79 Å². The van der Waals surface area contributed by atoms with Gasteiger partial charge in [0.2, 0.25) is 5.13 Å². The molecule has 1 aromatic heterocycles. The molecule has 2 aliphatic rings. The highest BCUT2D eigenvalue weighted by molar-refractivity contribution is 9.10. The van der Waals surface area contributed by atoms with Gasteiger partial charge >= 0.3 is 6.03 Å². The van der Waals surface area contributed by atoms with E-state index in [-0.39, 0.29) is 5.91 Å². The zero-order valence-electron chi connectivity index (χ0n) is 13.1. The van der Waals surface area contributed by atoms with Crippen molar-refractivity contribution in [2.45, 2.75) is 25.8 Å². The van der Waals surface area contributed by atoms with Crippen LogP contribution in [0.1, 0.15) is 18.7 Å². The minimum atomic E-state index is -0.911. The zero-order valence-corrected chi connectivity index (χ0v) is 15.5. The largest absolute Gasteiger partial charge is 0.492 e. The Morgan fingerprint density at radius 3 is 2.88 bits per heavy atom. The van der Waals surface area contributed by atoms with Crippen LogP contribution in [0.25, 0.3) is 11.3 Å². The van der Waals surface area contributed by atoms with E-state index in [0.717, 1.165) is 31.3 Å². The van der Waals surface area contributed by atoms with Gasteiger partial charge in [0.05, 0.1) is 12.3 Å². The van der Waals surface area contributed by atoms with Gasteiger partial charge in [-0.2, -0.15) is 0 Å². The van der Waals surface area contributed by atoms with Crippen LogP contribution in [-0.4, -0.2) is 29.1 Å². The molecule has 3 heterocycles. The van der Waals surface area contributed by atoms with E-state index >= 15 is 0 Å². The summed E-state index contributed by atoms with van der Waals surface area (Å²) in [4.78, 5) is 31.4. The van der Waals surface area contributed by atoms with Crippen LogP contribution >= 0.6 is 27.3 Å². The van der Waals surface area contributed by atoms with E-state index in [1.807, 2.05) is 18.2 Å². The van der Waals surface area contributed by atoms with Crippen molar-refractivity contribution in [1.29, 1.82) is 0 Å². The lowest BCUT2D eigenvalue weighted by Gasteiger charge is -2.13. The Labute approximate surface area is 151 Å². The van der Waals surface area contributed by atoms with Crippen LogP contribution in [0.3, 0.4) is 0 Å². The predicted molar refractivity (Wildman–Crippen MR) is 94.5 cm³/mol. The molecular formula is C16H14BrN3O3S. The number of rotatable bonds is 1. The number of nitrogens with zero attached hydrogens (tertiary/aromatic N) is 2. The minimum Gasteiger partial charge on any atom is -0.492 e. The van der Waals surface area contributed by atoms with Gasteiger partial charge in [0, 0.05) is 21.3 Å². The number of carbonyl (C=O) groups is 2. The summed E-state index contributed by atoms with van der Waals surface area (Å²) in [6.45, 7) is 3.91. The van der Waals surface area contributed by atoms with Crippen molar-refractivity contribution in [3.63, 3.8) is 0 Å². The third kappa shape index (κ3) is 2.32. The first-order chi connectivity index (χ1) is 11.4. The molecule has 124 valence electrons. The van der Waals surface area contributed by atoms with Crippen molar-refractivity contribution in [2.24, 2.45) is 0 Å². The van der Waals surface area contributed by atoms with Gasteiger partial charge in [0.1, 0.15) is 11.3 Å². The van der Waals surface area contributed by atoms with Gasteiger partial charge in [-0.15, -0.1) is 11.3 Å². The molecule has 24 heavy (non-hydrogen) atoms. The highest BCUT2D eigenvalue weighted by Gasteiger charge is 2.46. The molecule has 2 aliphatic heterocycles. The van der Waals surface area contributed by atoms with Crippen molar-refractivity contribution in [1.82, 2.24) is 10.3 Å². The van der Waals surface area contributed by atoms with Gasteiger partial charge in [0.25, 0.3) is 5.91 Å². The standard InChI is InChI=1S/C16H14BrN3O3S/c1-16(2)13(21)20(14(22)19-16)15-18-12-9-4-3-8(17)7-10(9)23-6-5-11(12)24-15/h3-4,7H,5-6H2,1-2H3,(H,19,22). The summed E-state index contributed by atoms with van der Waals surface area (Å²) >= 11 is 4.80. The molecule has 0 radical (unpaired) electrons. The highest BCUT2D eigenvalue weighted by Crippen LogP contribution is 2.41. The van der Waals surface area contributed by atoms with Crippen LogP contribution in [0.5, 0.6) is 5.75 Å². The summed E-state index contributed by atoms with van der Waals surface area (Å²) in [5.74, 6) is 0.459. The number of aromatic nitrogens is 1. The SMILES string of the molecule is CC1(C)NC(=O)N(c2nc3c(s2)CCOc2cc(Br)ccc2-3)C1=O. The van der Waals surface area contributed by atoms with E-state index < -0.39 is 11.6 Å². The Kier molecular flexibility index (Phi) is 3.43. The van der Waals surface area contributed by atoms with Crippen LogP contribution in [0, 0.1) is 0 Å². The minimum absolute atomic E-state index is 0.288. The molecule has 0 aliphatic carbocycles. The van der Waals surface area contributed by atoms with Crippen LogP contribution in [-0.2, 0) is 11.2 Å². The van der Waals surface area contributed by atoms with Crippen molar-refractivity contribution in [3.8, 4) is 17.0 Å². The second kappa shape index (κ2) is 5.29. The molecule has 1 aromatic carbocycles. The van der Waals surface area contributed by atoms with E-state index in [0.29, 0.717) is 18.2 Å². The Morgan fingerprint density at radius 1 is 1.38 bits per heavy atom. The molecule has 1 saturated heterocycles. The summed E-state index contributed by atoms with van der Waals surface area (Å²) in [5, 5.41) is 3.09. The summed E-state index contributed by atoms with van der Waals surface area (Å²) in [5.41, 5.74) is 0.742. The average molecular weight is 408 g/mol. The number of fused-ring (bicyclic) bond motifs is 3. The molecule has 2 aromatic rings. The van der Waals surface area contributed by atoms with Gasteiger partial charge in [0.15, 0.2) is 0 Å². The normalized spacial score (nSPS) is 18.5. The van der Waals surface area contributed by atoms with E-state index in [2.05, 4.69) is 26.2 Å². The summed E-state index contributed by atoms with van der Waals surface area (Å²) in [6, 6.07) is 5.33. The topological polar surface area (TPSA) is 71.5 Å². The van der Waals surface area contributed by atoms with Crippen LogP contribution in [0.4, 0.5) is 9.93 Å². The fraction of sp³-hybridized carbons (Fsp3) is 0.312. The first kappa shape index (κ1) is 15.6. The number of urea groups is 1. The Morgan fingerprint density at radius 2 is 2.17 bits per heavy atom. The zero-order chi connectivity index (χ0) is 17.1. The second-order valence-corrected chi connectivity index (χ2v) is 8.18. The van der Waals surface area contributed by atoms with Crippen molar-refractivity contribution in [2.75, 3.05) is 11.5 Å². The summed E-state index contributed by atoms with van der Waals surface area (Å²) in [7, 11) is 0. The molecule has 0 saturated carbocycles. The lowest BCUT2D eigenvalue weighted by atomic mass is 10.1. The van der Waals surface area contributed by atoms with Crippen LogP contribution in [0.15, 0.2) is 22.7 Å². The molecule has 0 bridgehead atoms. The molecule has 1 fully saturated rings. The number of nitrogens with one attached hydrogen (secondary N) is 1. The number of thiazole rings is 1. The molecule has 1 N–H and O–H groups in total. The van der Waals surface area contributed by atoms with Gasteiger partial charge in [-0.05, 0) is 32.0 Å². The second-order valence-electron chi connectivity index (χ2n) is 6.20. The number of carbonyl (C=O) groups excluding carboxylic acids is 2. The summed E-state index contributed by atoms with van der Waals surface area (Å²) < 4.78 is 6.71. The Bertz CT molecular complexity index is 877. The first-order valence-corrected chi connectivity index (χ1v) is 9.07. The van der Waals surface area contributed by atoms with E-state index in [4.69, 9.17) is 4.74 Å². The number of hydrogen-bond acceptors (Lipinski definition) is 5. The third-order valence-electron chi connectivity index (χ3n) is 4.02. The van der Waals surface area contributed by atoms with Gasteiger partial charge in [-0.1, -0.05) is 15.9 Å². The lowest BCUT2D eigenvalue weighted by molar-refractivity contribution is -0.120. The lowest BCUT2D eigenvalue weighted by Crippen LogP contribution is -2.40. The maximum absolute atomic E-state index is 12.5. The van der Waals surface area contributed by atoms with Crippen molar-refractivity contribution in [3.05, 3.63) is 27.5 Å². The summed E-state index contributed by atoms with van der Waals surface area (Å²) in [6.07, 6.45) is 0.687. The molecule has 0 unspecified atom stereocenters. The molecule has 8 heteroatoms. The Hall–Kier alpha value is -1.93. The smallest absolute Gasteiger partial charge is 0.331 e. The number of imide groups is 1. The third-order valence-corrected chi connectivity index (χ3v) is 5.62. The maximum atomic E-state index is 12.5.